The van der Waals surface area contributed by atoms with Gasteiger partial charge in [-0.3, -0.25) is 0 Å². The number of nitrogens with zero attached hydrogens (tertiary/aromatic N) is 2. The highest BCUT2D eigenvalue weighted by molar-refractivity contribution is 5.53. The maximum absolute atomic E-state index is 10.2. The summed E-state index contributed by atoms with van der Waals surface area (Å²) in [5.74, 6) is -0.382. The van der Waals surface area contributed by atoms with Crippen LogP contribution in [0.5, 0.6) is 0 Å². The van der Waals surface area contributed by atoms with Crippen LogP contribution in [0.15, 0.2) is 12.3 Å². The zero-order valence-corrected chi connectivity index (χ0v) is 6.10. The molecule has 0 atom stereocenters. The molecule has 3 N–H and O–H groups in total. The van der Waals surface area contributed by atoms with Gasteiger partial charge in [0.1, 0.15) is 11.9 Å². The molecule has 6 heteroatoms. The number of nitrogen functional groups attached to an aromatic ring is 1. The lowest BCUT2D eigenvalue weighted by atomic mass is 10.3. The summed E-state index contributed by atoms with van der Waals surface area (Å²) in [6.45, 7) is -0.227. The van der Waals surface area contributed by atoms with E-state index in [2.05, 4.69) is 4.98 Å². The van der Waals surface area contributed by atoms with Gasteiger partial charge in [-0.1, -0.05) is 0 Å². The van der Waals surface area contributed by atoms with E-state index in [-0.39, 0.29) is 18.1 Å². The smallest absolute Gasteiger partial charge is 0.386 e. The number of anilines is 1. The van der Waals surface area contributed by atoms with Crippen molar-refractivity contribution in [3.05, 3.63) is 27.9 Å². The van der Waals surface area contributed by atoms with Crippen molar-refractivity contribution in [3.63, 3.8) is 0 Å². The molecule has 0 fully saturated rings. The van der Waals surface area contributed by atoms with E-state index in [1.807, 2.05) is 0 Å². The third-order valence-electron chi connectivity index (χ3n) is 1.31. The number of nitro groups is 1. The Morgan fingerprint density at radius 1 is 1.75 bits per heavy atom. The van der Waals surface area contributed by atoms with E-state index < -0.39 is 4.92 Å². The van der Waals surface area contributed by atoms with Gasteiger partial charge in [0.2, 0.25) is 0 Å². The van der Waals surface area contributed by atoms with Crippen LogP contribution in [-0.2, 0) is 6.61 Å². The average molecular weight is 169 g/mol. The van der Waals surface area contributed by atoms with Crippen molar-refractivity contribution >= 4 is 11.5 Å². The summed E-state index contributed by atoms with van der Waals surface area (Å²) in [6, 6.07) is 1.32. The second kappa shape index (κ2) is 3.14. The average Bonchev–Trinajstić information content (AvgIpc) is 2.03. The summed E-state index contributed by atoms with van der Waals surface area (Å²) in [7, 11) is 0. The molecule has 0 bridgehead atoms. The molecule has 64 valence electrons. The van der Waals surface area contributed by atoms with Crippen LogP contribution in [0.3, 0.4) is 0 Å². The number of aliphatic hydroxyl groups excluding tert-OH is 1. The lowest BCUT2D eigenvalue weighted by Gasteiger charge is -1.97. The summed E-state index contributed by atoms with van der Waals surface area (Å²) in [5.41, 5.74) is 5.70. The van der Waals surface area contributed by atoms with Crippen LogP contribution >= 0.6 is 0 Å². The quantitative estimate of drug-likeness (QED) is 0.481. The van der Waals surface area contributed by atoms with Gasteiger partial charge in [-0.05, 0) is 16.0 Å². The summed E-state index contributed by atoms with van der Waals surface area (Å²) < 4.78 is 0. The molecule has 12 heavy (non-hydrogen) atoms. The topological polar surface area (TPSA) is 102 Å². The van der Waals surface area contributed by atoms with E-state index in [0.717, 1.165) is 0 Å². The minimum Gasteiger partial charge on any atom is -0.392 e. The van der Waals surface area contributed by atoms with Gasteiger partial charge in [0.05, 0.1) is 6.61 Å². The fraction of sp³-hybridized carbons (Fsp3) is 0.167. The van der Waals surface area contributed by atoms with Crippen molar-refractivity contribution in [2.24, 2.45) is 0 Å². The number of pyridine rings is 1. The first-order valence-corrected chi connectivity index (χ1v) is 3.15. The molecule has 0 unspecified atom stereocenters. The Morgan fingerprint density at radius 2 is 2.42 bits per heavy atom. The molecule has 0 aliphatic heterocycles. The van der Waals surface area contributed by atoms with Crippen LogP contribution in [0.4, 0.5) is 11.5 Å². The van der Waals surface area contributed by atoms with E-state index in [1.165, 1.54) is 12.3 Å². The predicted octanol–water partition coefficient (Wildman–Crippen LogP) is 0.0643. The van der Waals surface area contributed by atoms with Crippen molar-refractivity contribution in [1.82, 2.24) is 4.98 Å². The Bertz CT molecular complexity index is 313. The number of hydrogen-bond donors (Lipinski definition) is 2. The number of aliphatic hydroxyl groups is 1. The molecule has 0 saturated carbocycles. The van der Waals surface area contributed by atoms with Crippen LogP contribution < -0.4 is 5.73 Å². The lowest BCUT2D eigenvalue weighted by molar-refractivity contribution is -0.388. The highest BCUT2D eigenvalue weighted by Gasteiger charge is 2.12. The van der Waals surface area contributed by atoms with E-state index in [9.17, 15) is 10.1 Å². The van der Waals surface area contributed by atoms with Crippen LogP contribution in [0.25, 0.3) is 0 Å². The Labute approximate surface area is 67.8 Å². The zero-order chi connectivity index (χ0) is 9.14. The molecule has 1 aromatic heterocycles. The van der Waals surface area contributed by atoms with Gasteiger partial charge in [0, 0.05) is 5.56 Å². The zero-order valence-electron chi connectivity index (χ0n) is 6.10. The molecule has 1 rings (SSSR count). The van der Waals surface area contributed by atoms with Crippen molar-refractivity contribution in [2.45, 2.75) is 6.61 Å². The SMILES string of the molecule is Nc1cc(CO)cnc1[N+](=O)[O-]. The molecular formula is C6H7N3O3. The normalized spacial score (nSPS) is 9.75. The highest BCUT2D eigenvalue weighted by Crippen LogP contribution is 2.17. The monoisotopic (exact) mass is 169 g/mol. The number of aromatic nitrogens is 1. The van der Waals surface area contributed by atoms with Gasteiger partial charge in [-0.15, -0.1) is 0 Å². The van der Waals surface area contributed by atoms with Crippen LogP contribution in [0.2, 0.25) is 0 Å². The van der Waals surface area contributed by atoms with Gasteiger partial charge >= 0.3 is 5.82 Å². The fourth-order valence-electron chi connectivity index (χ4n) is 0.759. The molecule has 1 heterocycles. The Kier molecular flexibility index (Phi) is 2.20. The van der Waals surface area contributed by atoms with Gasteiger partial charge in [0.15, 0.2) is 0 Å². The highest BCUT2D eigenvalue weighted by atomic mass is 16.6. The molecular weight excluding hydrogens is 162 g/mol. The molecule has 0 saturated heterocycles. The van der Waals surface area contributed by atoms with Crippen molar-refractivity contribution < 1.29 is 10.0 Å². The third-order valence-corrected chi connectivity index (χ3v) is 1.31. The van der Waals surface area contributed by atoms with Crippen molar-refractivity contribution in [2.75, 3.05) is 5.73 Å². The third kappa shape index (κ3) is 1.48. The Hall–Kier alpha value is -1.69. The first kappa shape index (κ1) is 8.41. The fourth-order valence-corrected chi connectivity index (χ4v) is 0.759. The van der Waals surface area contributed by atoms with E-state index in [4.69, 9.17) is 10.8 Å². The summed E-state index contributed by atoms with van der Waals surface area (Å²) in [6.07, 6.45) is 1.22. The molecule has 1 aromatic rings. The maximum Gasteiger partial charge on any atom is 0.386 e. The van der Waals surface area contributed by atoms with Crippen LogP contribution in [-0.4, -0.2) is 15.0 Å². The number of nitrogens with two attached hydrogens (primary N) is 1. The van der Waals surface area contributed by atoms with Gasteiger partial charge in [-0.2, -0.15) is 0 Å². The predicted molar refractivity (Wildman–Crippen MR) is 41.2 cm³/mol. The molecule has 0 radical (unpaired) electrons. The largest absolute Gasteiger partial charge is 0.392 e. The summed E-state index contributed by atoms with van der Waals surface area (Å²) in [5, 5.41) is 18.8. The van der Waals surface area contributed by atoms with Gasteiger partial charge in [-0.25, -0.2) is 0 Å². The van der Waals surface area contributed by atoms with E-state index >= 15 is 0 Å². The maximum atomic E-state index is 10.2. The lowest BCUT2D eigenvalue weighted by Crippen LogP contribution is -1.99. The van der Waals surface area contributed by atoms with Crippen molar-refractivity contribution in [1.29, 1.82) is 0 Å². The van der Waals surface area contributed by atoms with Crippen LogP contribution in [0, 0.1) is 10.1 Å². The second-order valence-electron chi connectivity index (χ2n) is 2.17. The number of rotatable bonds is 2. The summed E-state index contributed by atoms with van der Waals surface area (Å²) >= 11 is 0. The molecule has 0 aromatic carbocycles. The molecule has 0 amide bonds. The first-order chi connectivity index (χ1) is 5.65. The van der Waals surface area contributed by atoms with Crippen molar-refractivity contribution in [3.8, 4) is 0 Å². The molecule has 0 aliphatic rings. The molecule has 0 spiro atoms. The van der Waals surface area contributed by atoms with E-state index in [0.29, 0.717) is 5.56 Å². The van der Waals surface area contributed by atoms with Gasteiger partial charge in [0.25, 0.3) is 0 Å². The first-order valence-electron chi connectivity index (χ1n) is 3.15. The minimum atomic E-state index is -0.670. The Morgan fingerprint density at radius 3 is 2.83 bits per heavy atom. The minimum absolute atomic E-state index is 0.0356. The molecule has 0 aliphatic carbocycles. The summed E-state index contributed by atoms with van der Waals surface area (Å²) in [4.78, 5) is 13.0. The standard InChI is InChI=1S/C6H7N3O3/c7-5-1-4(3-10)2-8-6(5)9(11)12/h1-2,10H,3,7H2. The molecule has 6 nitrogen and oxygen atoms in total. The number of hydrogen-bond acceptors (Lipinski definition) is 5. The Balaban J connectivity index is 3.12. The van der Waals surface area contributed by atoms with Crippen LogP contribution in [0.1, 0.15) is 5.56 Å². The second-order valence-corrected chi connectivity index (χ2v) is 2.17. The van der Waals surface area contributed by atoms with E-state index in [1.54, 1.807) is 0 Å². The van der Waals surface area contributed by atoms with Gasteiger partial charge < -0.3 is 21.0 Å².